The number of hydrogen-bond acceptors (Lipinski definition) is 3. The van der Waals surface area contributed by atoms with Crippen molar-refractivity contribution in [2.45, 2.75) is 45.3 Å². The molecule has 0 aromatic heterocycles. The number of carbonyl (C=O) groups is 2. The van der Waals surface area contributed by atoms with Gasteiger partial charge in [0.2, 0.25) is 5.91 Å². The molecule has 2 N–H and O–H groups in total. The minimum atomic E-state index is -0.520. The standard InChI is InChI=1S/C19H26N2O3/c1-3-13-6-4-5-7-16(13)19(24)21-10-14-8-17(20-12(2)22)18(23)9-15(14)11-21/h4-7,14-15,17-18,23H,3,8-11H2,1-2H3,(H,20,22)/t14-,15+,17-,18-/m1/s1. The molecular weight excluding hydrogens is 304 g/mol. The van der Waals surface area contributed by atoms with Gasteiger partial charge in [0.15, 0.2) is 0 Å². The number of aliphatic hydroxyl groups excluding tert-OH is 1. The Kier molecular flexibility index (Phi) is 4.90. The number of rotatable bonds is 3. The lowest BCUT2D eigenvalue weighted by Crippen LogP contribution is -2.48. The summed E-state index contributed by atoms with van der Waals surface area (Å²) in [5.74, 6) is 0.651. The number of nitrogens with one attached hydrogen (secondary N) is 1. The minimum absolute atomic E-state index is 0.0902. The van der Waals surface area contributed by atoms with Crippen molar-refractivity contribution in [3.05, 3.63) is 35.4 Å². The van der Waals surface area contributed by atoms with Gasteiger partial charge in [-0.25, -0.2) is 0 Å². The van der Waals surface area contributed by atoms with E-state index < -0.39 is 6.10 Å². The van der Waals surface area contributed by atoms with Crippen LogP contribution < -0.4 is 5.32 Å². The number of aryl methyl sites for hydroxylation is 1. The molecule has 1 aliphatic heterocycles. The third-order valence-corrected chi connectivity index (χ3v) is 5.45. The summed E-state index contributed by atoms with van der Waals surface area (Å²) in [7, 11) is 0. The van der Waals surface area contributed by atoms with E-state index in [0.29, 0.717) is 31.3 Å². The van der Waals surface area contributed by atoms with Crippen molar-refractivity contribution >= 4 is 11.8 Å². The first-order valence-electron chi connectivity index (χ1n) is 8.82. The molecule has 130 valence electrons. The average molecular weight is 330 g/mol. The summed E-state index contributed by atoms with van der Waals surface area (Å²) in [5, 5.41) is 13.1. The molecule has 5 heteroatoms. The van der Waals surface area contributed by atoms with Gasteiger partial charge in [-0.2, -0.15) is 0 Å². The first-order chi connectivity index (χ1) is 11.5. The Labute approximate surface area is 143 Å². The molecule has 5 nitrogen and oxygen atoms in total. The molecule has 1 saturated heterocycles. The van der Waals surface area contributed by atoms with E-state index in [1.165, 1.54) is 6.92 Å². The lowest BCUT2D eigenvalue weighted by Gasteiger charge is -2.35. The zero-order chi connectivity index (χ0) is 17.3. The highest BCUT2D eigenvalue weighted by molar-refractivity contribution is 5.95. The summed E-state index contributed by atoms with van der Waals surface area (Å²) in [5.41, 5.74) is 1.87. The number of fused-ring (bicyclic) bond motifs is 1. The zero-order valence-corrected chi connectivity index (χ0v) is 14.4. The maximum Gasteiger partial charge on any atom is 0.254 e. The Bertz CT molecular complexity index is 631. The molecule has 0 unspecified atom stereocenters. The minimum Gasteiger partial charge on any atom is -0.391 e. The van der Waals surface area contributed by atoms with Gasteiger partial charge in [-0.05, 0) is 42.7 Å². The van der Waals surface area contributed by atoms with Gasteiger partial charge >= 0.3 is 0 Å². The molecule has 4 atom stereocenters. The van der Waals surface area contributed by atoms with Crippen molar-refractivity contribution in [1.29, 1.82) is 0 Å². The smallest absolute Gasteiger partial charge is 0.254 e. The average Bonchev–Trinajstić information content (AvgIpc) is 2.96. The lowest BCUT2D eigenvalue weighted by molar-refractivity contribution is -0.121. The van der Waals surface area contributed by atoms with Gasteiger partial charge in [-0.3, -0.25) is 9.59 Å². The molecule has 2 fully saturated rings. The van der Waals surface area contributed by atoms with Gasteiger partial charge in [0.05, 0.1) is 12.1 Å². The fourth-order valence-corrected chi connectivity index (χ4v) is 4.22. The van der Waals surface area contributed by atoms with E-state index in [0.717, 1.165) is 24.0 Å². The summed E-state index contributed by atoms with van der Waals surface area (Å²) in [4.78, 5) is 26.1. The molecule has 1 aromatic rings. The van der Waals surface area contributed by atoms with Crippen LogP contribution in [0, 0.1) is 11.8 Å². The molecule has 2 amide bonds. The van der Waals surface area contributed by atoms with Gasteiger partial charge in [0.25, 0.3) is 5.91 Å². The van der Waals surface area contributed by atoms with Crippen molar-refractivity contribution in [2.24, 2.45) is 11.8 Å². The van der Waals surface area contributed by atoms with Crippen LogP contribution in [-0.2, 0) is 11.2 Å². The van der Waals surface area contributed by atoms with E-state index in [1.807, 2.05) is 29.2 Å². The molecular formula is C19H26N2O3. The van der Waals surface area contributed by atoms with Crippen LogP contribution in [0.1, 0.15) is 42.6 Å². The second-order valence-corrected chi connectivity index (χ2v) is 7.09. The maximum atomic E-state index is 12.9. The van der Waals surface area contributed by atoms with Crippen LogP contribution in [0.3, 0.4) is 0 Å². The lowest BCUT2D eigenvalue weighted by atomic mass is 9.77. The van der Waals surface area contributed by atoms with Crippen LogP contribution >= 0.6 is 0 Å². The van der Waals surface area contributed by atoms with E-state index in [-0.39, 0.29) is 17.9 Å². The van der Waals surface area contributed by atoms with Crippen molar-refractivity contribution in [3.8, 4) is 0 Å². The molecule has 2 aliphatic rings. The highest BCUT2D eigenvalue weighted by atomic mass is 16.3. The summed E-state index contributed by atoms with van der Waals surface area (Å²) in [6, 6.07) is 7.59. The van der Waals surface area contributed by atoms with Crippen LogP contribution in [0.2, 0.25) is 0 Å². The van der Waals surface area contributed by atoms with Crippen LogP contribution in [0.4, 0.5) is 0 Å². The predicted molar refractivity (Wildman–Crippen MR) is 91.5 cm³/mol. The predicted octanol–water partition coefficient (Wildman–Crippen LogP) is 1.60. The molecule has 1 heterocycles. The Morgan fingerprint density at radius 1 is 1.21 bits per heavy atom. The van der Waals surface area contributed by atoms with Crippen molar-refractivity contribution in [3.63, 3.8) is 0 Å². The van der Waals surface area contributed by atoms with Crippen LogP contribution in [-0.4, -0.2) is 47.1 Å². The SMILES string of the molecule is CCc1ccccc1C(=O)N1C[C@H]2C[C@@H](NC(C)=O)[C@H](O)C[C@H]2C1. The fourth-order valence-electron chi connectivity index (χ4n) is 4.22. The van der Waals surface area contributed by atoms with Gasteiger partial charge in [-0.15, -0.1) is 0 Å². The van der Waals surface area contributed by atoms with E-state index in [4.69, 9.17) is 0 Å². The van der Waals surface area contributed by atoms with Gasteiger partial charge in [0.1, 0.15) is 0 Å². The first-order valence-corrected chi connectivity index (χ1v) is 8.82. The Morgan fingerprint density at radius 3 is 2.54 bits per heavy atom. The molecule has 1 saturated carbocycles. The first kappa shape index (κ1) is 17.0. The number of benzene rings is 1. The fraction of sp³-hybridized carbons (Fsp3) is 0.579. The molecule has 0 radical (unpaired) electrons. The third-order valence-electron chi connectivity index (χ3n) is 5.45. The van der Waals surface area contributed by atoms with Gasteiger partial charge in [0, 0.05) is 25.6 Å². The van der Waals surface area contributed by atoms with Crippen LogP contribution in [0.5, 0.6) is 0 Å². The van der Waals surface area contributed by atoms with E-state index in [1.54, 1.807) is 0 Å². The van der Waals surface area contributed by atoms with E-state index in [2.05, 4.69) is 12.2 Å². The Balaban J connectivity index is 1.71. The van der Waals surface area contributed by atoms with E-state index in [9.17, 15) is 14.7 Å². The summed E-state index contributed by atoms with van der Waals surface area (Å²) in [6.07, 6.45) is 1.71. The maximum absolute atomic E-state index is 12.9. The number of aliphatic hydroxyl groups is 1. The molecule has 1 aromatic carbocycles. The summed E-state index contributed by atoms with van der Waals surface area (Å²) >= 11 is 0. The number of nitrogens with zero attached hydrogens (tertiary/aromatic N) is 1. The van der Waals surface area contributed by atoms with Crippen LogP contribution in [0.15, 0.2) is 24.3 Å². The van der Waals surface area contributed by atoms with Crippen LogP contribution in [0.25, 0.3) is 0 Å². The number of likely N-dealkylation sites (tertiary alicyclic amines) is 1. The molecule has 0 spiro atoms. The highest BCUT2D eigenvalue weighted by Gasteiger charge is 2.43. The van der Waals surface area contributed by atoms with Crippen molar-refractivity contribution in [2.75, 3.05) is 13.1 Å². The van der Waals surface area contributed by atoms with Crippen molar-refractivity contribution < 1.29 is 14.7 Å². The number of hydrogen-bond donors (Lipinski definition) is 2. The second-order valence-electron chi connectivity index (χ2n) is 7.09. The largest absolute Gasteiger partial charge is 0.391 e. The molecule has 0 bridgehead atoms. The molecule has 3 rings (SSSR count). The van der Waals surface area contributed by atoms with Gasteiger partial charge < -0.3 is 15.3 Å². The topological polar surface area (TPSA) is 69.6 Å². The number of carbonyl (C=O) groups excluding carboxylic acids is 2. The number of amides is 2. The Hall–Kier alpha value is -1.88. The summed E-state index contributed by atoms with van der Waals surface area (Å²) in [6.45, 7) is 4.95. The van der Waals surface area contributed by atoms with E-state index >= 15 is 0 Å². The monoisotopic (exact) mass is 330 g/mol. The Morgan fingerprint density at radius 2 is 1.88 bits per heavy atom. The van der Waals surface area contributed by atoms with Crippen molar-refractivity contribution in [1.82, 2.24) is 10.2 Å². The quantitative estimate of drug-likeness (QED) is 0.884. The van der Waals surface area contributed by atoms with Gasteiger partial charge in [-0.1, -0.05) is 25.1 Å². The third kappa shape index (κ3) is 3.31. The second kappa shape index (κ2) is 6.93. The molecule has 24 heavy (non-hydrogen) atoms. The zero-order valence-electron chi connectivity index (χ0n) is 14.4. The summed E-state index contributed by atoms with van der Waals surface area (Å²) < 4.78 is 0. The highest BCUT2D eigenvalue weighted by Crippen LogP contribution is 2.37. The molecule has 1 aliphatic carbocycles. The normalized spacial score (nSPS) is 29.2.